The van der Waals surface area contributed by atoms with E-state index in [0.29, 0.717) is 6.42 Å². The molecule has 1 fully saturated rings. The first-order chi connectivity index (χ1) is 12.1. The van der Waals surface area contributed by atoms with E-state index in [-0.39, 0.29) is 17.9 Å². The Morgan fingerprint density at radius 3 is 2.80 bits per heavy atom. The smallest absolute Gasteiger partial charge is 0.225 e. The lowest BCUT2D eigenvalue weighted by atomic mass is 9.93. The second-order valence-corrected chi connectivity index (χ2v) is 6.86. The molecule has 0 bridgehead atoms. The molecule has 1 saturated heterocycles. The van der Waals surface area contributed by atoms with E-state index in [0.717, 1.165) is 31.9 Å². The maximum absolute atomic E-state index is 12.5. The molecular weight excluding hydrogens is 312 g/mol. The third-order valence-corrected chi connectivity index (χ3v) is 4.83. The number of carbonyl (C=O) groups is 1. The number of amides is 1. The van der Waals surface area contributed by atoms with E-state index in [4.69, 9.17) is 0 Å². The Bertz CT molecular complexity index is 704. The van der Waals surface area contributed by atoms with Crippen molar-refractivity contribution in [1.82, 2.24) is 15.3 Å². The Kier molecular flexibility index (Phi) is 5.64. The van der Waals surface area contributed by atoms with E-state index < -0.39 is 0 Å². The Morgan fingerprint density at radius 2 is 2.04 bits per heavy atom. The van der Waals surface area contributed by atoms with Gasteiger partial charge in [-0.15, -0.1) is 0 Å². The highest BCUT2D eigenvalue weighted by Gasteiger charge is 2.23. The number of benzene rings is 1. The van der Waals surface area contributed by atoms with Crippen LogP contribution in [-0.2, 0) is 4.79 Å². The summed E-state index contributed by atoms with van der Waals surface area (Å²) >= 11 is 0. The SMILES string of the molecule is Cc1ccccc1[C@H](C)CC(=O)N[C@@H]1CCCN(c2ncccn2)C1. The molecule has 1 aliphatic rings. The van der Waals surface area contributed by atoms with Crippen LogP contribution in [0.25, 0.3) is 0 Å². The third kappa shape index (κ3) is 4.56. The highest BCUT2D eigenvalue weighted by Crippen LogP contribution is 2.22. The molecule has 1 aromatic heterocycles. The average Bonchev–Trinajstić information content (AvgIpc) is 2.63. The second-order valence-electron chi connectivity index (χ2n) is 6.86. The lowest BCUT2D eigenvalue weighted by molar-refractivity contribution is -0.122. The second kappa shape index (κ2) is 8.10. The van der Waals surface area contributed by atoms with Gasteiger partial charge in [-0.3, -0.25) is 4.79 Å². The van der Waals surface area contributed by atoms with E-state index in [1.54, 1.807) is 12.4 Å². The number of anilines is 1. The Balaban J connectivity index is 1.55. The quantitative estimate of drug-likeness (QED) is 0.910. The summed E-state index contributed by atoms with van der Waals surface area (Å²) in [6.07, 6.45) is 6.08. The zero-order valence-electron chi connectivity index (χ0n) is 15.0. The van der Waals surface area contributed by atoms with Gasteiger partial charge < -0.3 is 10.2 Å². The van der Waals surface area contributed by atoms with Crippen molar-refractivity contribution >= 4 is 11.9 Å². The highest BCUT2D eigenvalue weighted by molar-refractivity contribution is 5.77. The number of aromatic nitrogens is 2. The zero-order valence-corrected chi connectivity index (χ0v) is 15.0. The van der Waals surface area contributed by atoms with Gasteiger partial charge in [-0.2, -0.15) is 0 Å². The number of nitrogens with one attached hydrogen (secondary N) is 1. The molecular formula is C20H26N4O. The molecule has 2 aromatic rings. The fourth-order valence-electron chi connectivity index (χ4n) is 3.55. The molecule has 25 heavy (non-hydrogen) atoms. The van der Waals surface area contributed by atoms with Crippen LogP contribution in [0.5, 0.6) is 0 Å². The van der Waals surface area contributed by atoms with Crippen molar-refractivity contribution in [2.45, 2.75) is 45.1 Å². The summed E-state index contributed by atoms with van der Waals surface area (Å²) in [5, 5.41) is 3.20. The van der Waals surface area contributed by atoms with Crippen LogP contribution < -0.4 is 10.2 Å². The van der Waals surface area contributed by atoms with Crippen molar-refractivity contribution in [3.05, 3.63) is 53.9 Å². The molecule has 2 heterocycles. The Morgan fingerprint density at radius 1 is 1.28 bits per heavy atom. The highest BCUT2D eigenvalue weighted by atomic mass is 16.1. The van der Waals surface area contributed by atoms with Gasteiger partial charge in [-0.05, 0) is 42.9 Å². The van der Waals surface area contributed by atoms with Gasteiger partial charge >= 0.3 is 0 Å². The lowest BCUT2D eigenvalue weighted by Gasteiger charge is -2.33. The molecule has 5 nitrogen and oxygen atoms in total. The van der Waals surface area contributed by atoms with Crippen LogP contribution in [0.15, 0.2) is 42.7 Å². The average molecular weight is 338 g/mol. The number of rotatable bonds is 5. The maximum atomic E-state index is 12.5. The molecule has 0 saturated carbocycles. The van der Waals surface area contributed by atoms with Gasteiger partial charge in [0.05, 0.1) is 0 Å². The first kappa shape index (κ1) is 17.4. The minimum Gasteiger partial charge on any atom is -0.352 e. The van der Waals surface area contributed by atoms with Crippen LogP contribution in [0.2, 0.25) is 0 Å². The largest absolute Gasteiger partial charge is 0.352 e. The molecule has 1 aromatic carbocycles. The summed E-state index contributed by atoms with van der Waals surface area (Å²) < 4.78 is 0. The van der Waals surface area contributed by atoms with E-state index in [9.17, 15) is 4.79 Å². The summed E-state index contributed by atoms with van der Waals surface area (Å²) in [7, 11) is 0. The van der Waals surface area contributed by atoms with Crippen molar-refractivity contribution < 1.29 is 4.79 Å². The van der Waals surface area contributed by atoms with Gasteiger partial charge in [0.1, 0.15) is 0 Å². The van der Waals surface area contributed by atoms with E-state index in [2.05, 4.69) is 46.2 Å². The van der Waals surface area contributed by atoms with E-state index >= 15 is 0 Å². The van der Waals surface area contributed by atoms with Gasteiger partial charge in [0.25, 0.3) is 0 Å². The molecule has 1 aliphatic heterocycles. The van der Waals surface area contributed by atoms with Gasteiger partial charge in [0, 0.05) is 37.9 Å². The molecule has 1 N–H and O–H groups in total. The summed E-state index contributed by atoms with van der Waals surface area (Å²) in [5.41, 5.74) is 2.49. The molecule has 0 radical (unpaired) electrons. The van der Waals surface area contributed by atoms with Gasteiger partial charge in [0.2, 0.25) is 11.9 Å². The van der Waals surface area contributed by atoms with Crippen LogP contribution >= 0.6 is 0 Å². The van der Waals surface area contributed by atoms with Crippen LogP contribution in [0.4, 0.5) is 5.95 Å². The number of hydrogen-bond acceptors (Lipinski definition) is 4. The Hall–Kier alpha value is -2.43. The molecule has 0 spiro atoms. The summed E-state index contributed by atoms with van der Waals surface area (Å²) in [6.45, 7) is 5.93. The molecule has 132 valence electrons. The summed E-state index contributed by atoms with van der Waals surface area (Å²) in [5.74, 6) is 1.09. The number of carbonyl (C=O) groups excluding carboxylic acids is 1. The fraction of sp³-hybridized carbons (Fsp3) is 0.450. The van der Waals surface area contributed by atoms with E-state index in [1.807, 2.05) is 18.2 Å². The standard InChI is InChI=1S/C20H26N4O/c1-15-7-3-4-9-18(15)16(2)13-19(25)23-17-8-5-12-24(14-17)20-21-10-6-11-22-20/h3-4,6-7,9-11,16-17H,5,8,12-14H2,1-2H3,(H,23,25)/t16-,17-/m1/s1. The molecule has 0 unspecified atom stereocenters. The minimum atomic E-state index is 0.122. The van der Waals surface area contributed by atoms with Crippen LogP contribution in [0.1, 0.15) is 43.2 Å². The number of nitrogens with zero attached hydrogens (tertiary/aromatic N) is 3. The summed E-state index contributed by atoms with van der Waals surface area (Å²) in [4.78, 5) is 23.3. The fourth-order valence-corrected chi connectivity index (χ4v) is 3.55. The Labute approximate surface area is 149 Å². The van der Waals surface area contributed by atoms with Crippen molar-refractivity contribution in [3.63, 3.8) is 0 Å². The van der Waals surface area contributed by atoms with Crippen LogP contribution in [0.3, 0.4) is 0 Å². The monoisotopic (exact) mass is 338 g/mol. The molecule has 2 atom stereocenters. The van der Waals surface area contributed by atoms with E-state index in [1.165, 1.54) is 11.1 Å². The first-order valence-corrected chi connectivity index (χ1v) is 9.00. The van der Waals surface area contributed by atoms with Gasteiger partial charge in [-0.1, -0.05) is 31.2 Å². The van der Waals surface area contributed by atoms with Gasteiger partial charge in [-0.25, -0.2) is 9.97 Å². The number of hydrogen-bond donors (Lipinski definition) is 1. The van der Waals surface area contributed by atoms with Gasteiger partial charge in [0.15, 0.2) is 0 Å². The predicted molar refractivity (Wildman–Crippen MR) is 99.6 cm³/mol. The topological polar surface area (TPSA) is 58.1 Å². The molecule has 5 heteroatoms. The van der Waals surface area contributed by atoms with Crippen molar-refractivity contribution in [1.29, 1.82) is 0 Å². The van der Waals surface area contributed by atoms with Crippen LogP contribution in [0, 0.1) is 6.92 Å². The van der Waals surface area contributed by atoms with Crippen molar-refractivity contribution in [2.75, 3.05) is 18.0 Å². The first-order valence-electron chi connectivity index (χ1n) is 9.00. The molecule has 1 amide bonds. The number of aryl methyl sites for hydroxylation is 1. The number of piperidine rings is 1. The molecule has 0 aliphatic carbocycles. The van der Waals surface area contributed by atoms with Crippen LogP contribution in [-0.4, -0.2) is 35.0 Å². The predicted octanol–water partition coefficient (Wildman–Crippen LogP) is 3.06. The molecule has 3 rings (SSSR count). The normalized spacial score (nSPS) is 18.6. The van der Waals surface area contributed by atoms with Crippen molar-refractivity contribution in [3.8, 4) is 0 Å². The maximum Gasteiger partial charge on any atom is 0.225 e. The zero-order chi connectivity index (χ0) is 17.6. The third-order valence-electron chi connectivity index (χ3n) is 4.83. The minimum absolute atomic E-state index is 0.122. The summed E-state index contributed by atoms with van der Waals surface area (Å²) in [6, 6.07) is 10.3. The van der Waals surface area contributed by atoms with Crippen molar-refractivity contribution in [2.24, 2.45) is 0 Å². The lowest BCUT2D eigenvalue weighted by Crippen LogP contribution is -2.48.